The van der Waals surface area contributed by atoms with Gasteiger partial charge in [-0.05, 0) is 48.3 Å². The van der Waals surface area contributed by atoms with Crippen molar-refractivity contribution in [2.75, 3.05) is 24.4 Å². The summed E-state index contributed by atoms with van der Waals surface area (Å²) in [5, 5.41) is 22.2. The van der Waals surface area contributed by atoms with E-state index in [1.54, 1.807) is 62.4 Å². The van der Waals surface area contributed by atoms with Crippen molar-refractivity contribution < 1.29 is 49.9 Å². The predicted molar refractivity (Wildman–Crippen MR) is 162 cm³/mol. The molecule has 246 valence electrons. The summed E-state index contributed by atoms with van der Waals surface area (Å²) in [5.74, 6) is -3.29. The molecule has 0 aliphatic heterocycles. The first-order valence-corrected chi connectivity index (χ1v) is 16.8. The van der Waals surface area contributed by atoms with Crippen molar-refractivity contribution in [3.8, 4) is 11.1 Å². The van der Waals surface area contributed by atoms with E-state index in [9.17, 15) is 34.8 Å². The van der Waals surface area contributed by atoms with Gasteiger partial charge in [0.1, 0.15) is 11.8 Å². The number of halogens is 3. The van der Waals surface area contributed by atoms with Gasteiger partial charge >= 0.3 is 12.1 Å². The molecule has 0 bridgehead atoms. The van der Waals surface area contributed by atoms with Crippen molar-refractivity contribution in [2.45, 2.75) is 43.8 Å². The molecule has 0 heterocycles. The number of allylic oxidation sites excluding steroid dienone is 3. The Morgan fingerprint density at radius 3 is 2.09 bits per heavy atom. The second-order valence-electron chi connectivity index (χ2n) is 9.84. The van der Waals surface area contributed by atoms with E-state index in [0.717, 1.165) is 16.8 Å². The Kier molecular flexibility index (Phi) is 12.1. The number of sulfone groups is 1. The van der Waals surface area contributed by atoms with Crippen LogP contribution in [0.5, 0.6) is 0 Å². The van der Waals surface area contributed by atoms with E-state index < -0.39 is 44.0 Å². The van der Waals surface area contributed by atoms with E-state index >= 15 is 0 Å². The zero-order valence-electron chi connectivity index (χ0n) is 24.7. The Morgan fingerprint density at radius 1 is 1.07 bits per heavy atom. The largest absolute Gasteiger partial charge is 0.490 e. The third-order valence-corrected chi connectivity index (χ3v) is 9.17. The molecule has 1 atom stereocenters. The molecule has 0 saturated heterocycles. The summed E-state index contributed by atoms with van der Waals surface area (Å²) in [5.41, 5.74) is 9.57. The highest BCUT2D eigenvalue weighted by molar-refractivity contribution is 7.90. The van der Waals surface area contributed by atoms with Gasteiger partial charge in [-0.25, -0.2) is 21.6 Å². The van der Waals surface area contributed by atoms with Gasteiger partial charge in [0.25, 0.3) is 0 Å². The van der Waals surface area contributed by atoms with Crippen LogP contribution in [0.4, 0.5) is 18.9 Å². The lowest BCUT2D eigenvalue weighted by Crippen LogP contribution is -2.47. The van der Waals surface area contributed by atoms with Crippen LogP contribution in [0.2, 0.25) is 0 Å². The summed E-state index contributed by atoms with van der Waals surface area (Å²) < 4.78 is 82.3. The second kappa shape index (κ2) is 14.7. The van der Waals surface area contributed by atoms with Gasteiger partial charge in [-0.3, -0.25) is 4.79 Å². The molecule has 0 fully saturated rings. The fourth-order valence-electron chi connectivity index (χ4n) is 4.41. The number of nitrogens with two attached hydrogens (primary N) is 1. The van der Waals surface area contributed by atoms with E-state index in [1.807, 2.05) is 0 Å². The summed E-state index contributed by atoms with van der Waals surface area (Å²) in [6.07, 6.45) is -0.799. The van der Waals surface area contributed by atoms with Crippen LogP contribution in [0.1, 0.15) is 26.7 Å². The van der Waals surface area contributed by atoms with E-state index in [2.05, 4.69) is 10.5 Å². The average molecular weight is 675 g/mol. The standard InChI is InChI=1S/C26H32N4O6S2.C2HF3O2/c1-5-30(38(4,35)36)23(16-19-12-15-22(29-32)25(27)17(19)2)26(31)28-20-13-10-18(11-14-20)21-8-6-7-9-24(21)37(3,33)34;3-2(4,5)1(6)7/h6-14,23,32H,5,15-16,27H2,1-4H3,(H,28,31);(H,6,7)/t23-;/m0./s1. The fourth-order valence-corrected chi connectivity index (χ4v) is 6.42. The molecular formula is C28H33F3N4O8S2. The van der Waals surface area contributed by atoms with Crippen LogP contribution in [-0.2, 0) is 29.4 Å². The molecule has 0 aromatic heterocycles. The number of nitrogens with one attached hydrogen (secondary N) is 1. The maximum Gasteiger partial charge on any atom is 0.490 e. The van der Waals surface area contributed by atoms with Crippen LogP contribution in [0.3, 0.4) is 0 Å². The topological polar surface area (TPSA) is 197 Å². The molecule has 0 saturated carbocycles. The maximum absolute atomic E-state index is 13.4. The number of carboxylic acid groups (broad SMARTS) is 1. The molecule has 0 unspecified atom stereocenters. The highest BCUT2D eigenvalue weighted by Crippen LogP contribution is 2.30. The van der Waals surface area contributed by atoms with E-state index in [-0.39, 0.29) is 30.0 Å². The highest BCUT2D eigenvalue weighted by Gasteiger charge is 2.38. The number of sulfonamides is 1. The molecule has 2 aromatic carbocycles. The number of rotatable bonds is 9. The molecule has 3 rings (SSSR count). The van der Waals surface area contributed by atoms with Gasteiger partial charge in [-0.15, -0.1) is 0 Å². The molecule has 17 heteroatoms. The van der Waals surface area contributed by atoms with Crippen molar-refractivity contribution >= 4 is 43.1 Å². The van der Waals surface area contributed by atoms with Crippen LogP contribution < -0.4 is 11.1 Å². The first kappa shape index (κ1) is 37.0. The van der Waals surface area contributed by atoms with Gasteiger partial charge in [0.2, 0.25) is 15.9 Å². The van der Waals surface area contributed by atoms with Crippen LogP contribution in [0.25, 0.3) is 11.1 Å². The zero-order valence-corrected chi connectivity index (χ0v) is 26.3. The van der Waals surface area contributed by atoms with Gasteiger partial charge in [0.15, 0.2) is 9.84 Å². The number of carbonyl (C=O) groups is 2. The van der Waals surface area contributed by atoms with Gasteiger partial charge in [-0.2, -0.15) is 17.5 Å². The number of aliphatic carboxylic acids is 1. The van der Waals surface area contributed by atoms with E-state index in [0.29, 0.717) is 33.7 Å². The van der Waals surface area contributed by atoms with Crippen LogP contribution in [0, 0.1) is 0 Å². The maximum atomic E-state index is 13.4. The van der Waals surface area contributed by atoms with Gasteiger partial charge in [0.05, 0.1) is 16.8 Å². The number of amides is 1. The van der Waals surface area contributed by atoms with Crippen molar-refractivity contribution in [1.29, 1.82) is 0 Å². The number of benzene rings is 2. The van der Waals surface area contributed by atoms with Crippen molar-refractivity contribution in [2.24, 2.45) is 10.9 Å². The molecule has 2 aromatic rings. The molecule has 5 N–H and O–H groups in total. The molecule has 1 aliphatic rings. The summed E-state index contributed by atoms with van der Waals surface area (Å²) in [4.78, 5) is 22.5. The Balaban J connectivity index is 0.000000900. The van der Waals surface area contributed by atoms with Gasteiger partial charge in [-0.1, -0.05) is 48.5 Å². The number of carbonyl (C=O) groups excluding carboxylic acids is 1. The minimum absolute atomic E-state index is 0.0673. The lowest BCUT2D eigenvalue weighted by molar-refractivity contribution is -0.192. The minimum atomic E-state index is -5.08. The van der Waals surface area contributed by atoms with Gasteiger partial charge in [0, 0.05) is 30.5 Å². The Hall–Kier alpha value is -4.22. The molecule has 1 amide bonds. The molecule has 45 heavy (non-hydrogen) atoms. The number of carboxylic acids is 1. The normalized spacial score (nSPS) is 15.6. The number of hydrogen-bond acceptors (Lipinski definition) is 9. The summed E-state index contributed by atoms with van der Waals surface area (Å²) in [7, 11) is -7.18. The smallest absolute Gasteiger partial charge is 0.475 e. The lowest BCUT2D eigenvalue weighted by Gasteiger charge is -2.30. The van der Waals surface area contributed by atoms with Crippen molar-refractivity contribution in [1.82, 2.24) is 4.31 Å². The predicted octanol–water partition coefficient (Wildman–Crippen LogP) is 3.76. The molecule has 1 aliphatic carbocycles. The first-order chi connectivity index (χ1) is 20.7. The lowest BCUT2D eigenvalue weighted by atomic mass is 9.90. The van der Waals surface area contributed by atoms with Crippen molar-refractivity contribution in [3.63, 3.8) is 0 Å². The Morgan fingerprint density at radius 2 is 1.62 bits per heavy atom. The van der Waals surface area contributed by atoms with Crippen LogP contribution in [0.15, 0.2) is 81.5 Å². The number of likely N-dealkylation sites (N-methyl/N-ethyl adjacent to an activating group) is 1. The molecule has 0 spiro atoms. The molecule has 12 nitrogen and oxygen atoms in total. The van der Waals surface area contributed by atoms with Crippen LogP contribution >= 0.6 is 0 Å². The monoisotopic (exact) mass is 674 g/mol. The number of anilines is 1. The zero-order chi connectivity index (χ0) is 34.3. The Labute approximate surface area is 258 Å². The third-order valence-electron chi connectivity index (χ3n) is 6.65. The van der Waals surface area contributed by atoms with Crippen molar-refractivity contribution in [3.05, 3.63) is 71.5 Å². The third kappa shape index (κ3) is 9.89. The van der Waals surface area contributed by atoms with Crippen LogP contribution in [-0.4, -0.2) is 80.3 Å². The number of alkyl halides is 3. The molecule has 0 radical (unpaired) electrons. The molecular weight excluding hydrogens is 641 g/mol. The minimum Gasteiger partial charge on any atom is -0.475 e. The van der Waals surface area contributed by atoms with Gasteiger partial charge < -0.3 is 21.4 Å². The average Bonchev–Trinajstić information content (AvgIpc) is 2.94. The number of oxime groups is 1. The highest BCUT2D eigenvalue weighted by atomic mass is 32.2. The SMILES string of the molecule is CCN([C@@H](CC1=CCC(=NO)C(N)=C1C)C(=O)Nc1ccc(-c2ccccc2S(C)(=O)=O)cc1)S(C)(=O)=O.O=C(O)C(F)(F)F. The number of nitrogens with zero attached hydrogens (tertiary/aromatic N) is 2. The second-order valence-corrected chi connectivity index (χ2v) is 13.8. The number of hydrogen-bond donors (Lipinski definition) is 4. The quantitative estimate of drug-likeness (QED) is 0.226. The summed E-state index contributed by atoms with van der Waals surface area (Å²) in [6, 6.07) is 12.2. The summed E-state index contributed by atoms with van der Waals surface area (Å²) >= 11 is 0. The fraction of sp³-hybridized carbons (Fsp3) is 0.321. The summed E-state index contributed by atoms with van der Waals surface area (Å²) in [6.45, 7) is 3.45. The van der Waals surface area contributed by atoms with E-state index in [1.165, 1.54) is 6.07 Å². The Bertz CT molecular complexity index is 1740. The first-order valence-electron chi connectivity index (χ1n) is 13.1. The van der Waals surface area contributed by atoms with E-state index in [4.69, 9.17) is 20.8 Å².